The zero-order chi connectivity index (χ0) is 13.3. The summed E-state index contributed by atoms with van der Waals surface area (Å²) in [6, 6.07) is 4.11. The molecular weight excluding hydrogens is 260 g/mol. The number of rotatable bonds is 2. The van der Waals surface area contributed by atoms with Crippen LogP contribution in [-0.4, -0.2) is 40.0 Å². The molecule has 1 atom stereocenters. The van der Waals surface area contributed by atoms with Crippen molar-refractivity contribution >= 4 is 23.2 Å². The summed E-state index contributed by atoms with van der Waals surface area (Å²) in [5, 5.41) is 20.3. The van der Waals surface area contributed by atoms with Crippen LogP contribution in [0.2, 0.25) is 5.02 Å². The van der Waals surface area contributed by atoms with Crippen molar-refractivity contribution in [3.8, 4) is 0 Å². The Morgan fingerprint density at radius 1 is 1.56 bits per heavy atom. The standard InChI is InChI=1S/C11H11ClN2O4/c12-8-2-1-3-9(14(17)18)10(8)11(16)13-5-4-7(15)6-13/h1-3,7,15H,4-6H2/t7-/m1/s1. The first-order chi connectivity index (χ1) is 8.50. The van der Waals surface area contributed by atoms with Crippen LogP contribution in [0.3, 0.4) is 0 Å². The number of nitrogens with zero attached hydrogens (tertiary/aromatic N) is 2. The van der Waals surface area contributed by atoms with Gasteiger partial charge in [-0.3, -0.25) is 14.9 Å². The number of carbonyl (C=O) groups excluding carboxylic acids is 1. The van der Waals surface area contributed by atoms with E-state index in [4.69, 9.17) is 11.6 Å². The van der Waals surface area contributed by atoms with Crippen LogP contribution in [0, 0.1) is 10.1 Å². The molecule has 6 nitrogen and oxygen atoms in total. The summed E-state index contributed by atoms with van der Waals surface area (Å²) in [5.41, 5.74) is -0.424. The number of hydrogen-bond acceptors (Lipinski definition) is 4. The molecule has 1 saturated heterocycles. The van der Waals surface area contributed by atoms with E-state index in [9.17, 15) is 20.0 Å². The minimum atomic E-state index is -0.633. The minimum Gasteiger partial charge on any atom is -0.391 e. The van der Waals surface area contributed by atoms with Crippen LogP contribution in [-0.2, 0) is 0 Å². The topological polar surface area (TPSA) is 83.7 Å². The maximum absolute atomic E-state index is 12.2. The van der Waals surface area contributed by atoms with Crippen LogP contribution in [0.5, 0.6) is 0 Å². The fourth-order valence-corrected chi connectivity index (χ4v) is 2.21. The highest BCUT2D eigenvalue weighted by Crippen LogP contribution is 2.28. The quantitative estimate of drug-likeness (QED) is 0.651. The van der Waals surface area contributed by atoms with E-state index < -0.39 is 16.9 Å². The van der Waals surface area contributed by atoms with Gasteiger partial charge >= 0.3 is 0 Å². The lowest BCUT2D eigenvalue weighted by Crippen LogP contribution is -2.30. The van der Waals surface area contributed by atoms with Gasteiger partial charge in [-0.2, -0.15) is 0 Å². The summed E-state index contributed by atoms with van der Waals surface area (Å²) in [7, 11) is 0. The summed E-state index contributed by atoms with van der Waals surface area (Å²) in [4.78, 5) is 23.8. The second kappa shape index (κ2) is 4.91. The molecular formula is C11H11ClN2O4. The zero-order valence-corrected chi connectivity index (χ0v) is 10.1. The number of hydrogen-bond donors (Lipinski definition) is 1. The van der Waals surface area contributed by atoms with Gasteiger partial charge in [-0.05, 0) is 12.5 Å². The molecule has 1 fully saturated rings. The average molecular weight is 271 g/mol. The predicted molar refractivity (Wildman–Crippen MR) is 64.6 cm³/mol. The fourth-order valence-electron chi connectivity index (χ4n) is 1.96. The molecule has 0 unspecified atom stereocenters. The Balaban J connectivity index is 2.38. The third-order valence-corrected chi connectivity index (χ3v) is 3.17. The number of carbonyl (C=O) groups is 1. The summed E-state index contributed by atoms with van der Waals surface area (Å²) in [6.45, 7) is 0.559. The summed E-state index contributed by atoms with van der Waals surface area (Å²) < 4.78 is 0. The van der Waals surface area contributed by atoms with Crippen LogP contribution in [0.1, 0.15) is 16.8 Å². The number of amides is 1. The normalized spacial score (nSPS) is 19.0. The van der Waals surface area contributed by atoms with Crippen LogP contribution in [0.15, 0.2) is 18.2 Å². The van der Waals surface area contributed by atoms with E-state index in [0.717, 1.165) is 0 Å². The molecule has 1 aromatic rings. The molecule has 0 spiro atoms. The van der Waals surface area contributed by atoms with E-state index in [2.05, 4.69) is 0 Å². The van der Waals surface area contributed by atoms with Crippen molar-refractivity contribution < 1.29 is 14.8 Å². The Bertz CT molecular complexity index is 506. The number of halogens is 1. The maximum Gasteiger partial charge on any atom is 0.283 e. The van der Waals surface area contributed by atoms with Crippen molar-refractivity contribution in [1.82, 2.24) is 4.90 Å². The molecule has 2 rings (SSSR count). The molecule has 0 aromatic heterocycles. The minimum absolute atomic E-state index is 0.0515. The van der Waals surface area contributed by atoms with Crippen LogP contribution in [0.4, 0.5) is 5.69 Å². The van der Waals surface area contributed by atoms with Gasteiger partial charge in [-0.1, -0.05) is 17.7 Å². The third kappa shape index (κ3) is 2.30. The number of aliphatic hydroxyl groups is 1. The lowest BCUT2D eigenvalue weighted by Gasteiger charge is -2.16. The molecule has 0 saturated carbocycles. The van der Waals surface area contributed by atoms with Crippen LogP contribution in [0.25, 0.3) is 0 Å². The van der Waals surface area contributed by atoms with E-state index in [-0.39, 0.29) is 22.8 Å². The molecule has 96 valence electrons. The second-order valence-electron chi connectivity index (χ2n) is 4.08. The maximum atomic E-state index is 12.2. The highest BCUT2D eigenvalue weighted by molar-refractivity contribution is 6.34. The molecule has 1 aliphatic heterocycles. The second-order valence-corrected chi connectivity index (χ2v) is 4.49. The van der Waals surface area contributed by atoms with Crippen molar-refractivity contribution in [2.45, 2.75) is 12.5 Å². The van der Waals surface area contributed by atoms with Gasteiger partial charge in [-0.15, -0.1) is 0 Å². The monoisotopic (exact) mass is 270 g/mol. The number of nitro benzene ring substituents is 1. The van der Waals surface area contributed by atoms with Gasteiger partial charge in [0.2, 0.25) is 0 Å². The van der Waals surface area contributed by atoms with E-state index in [1.165, 1.54) is 23.1 Å². The molecule has 1 aliphatic rings. The van der Waals surface area contributed by atoms with Gasteiger partial charge in [0.05, 0.1) is 16.0 Å². The molecule has 1 amide bonds. The summed E-state index contributed by atoms with van der Waals surface area (Å²) in [6.07, 6.45) is -0.0974. The molecule has 1 N–H and O–H groups in total. The Labute approximate surface area is 108 Å². The molecule has 0 aliphatic carbocycles. The lowest BCUT2D eigenvalue weighted by atomic mass is 10.1. The highest BCUT2D eigenvalue weighted by Gasteiger charge is 2.31. The van der Waals surface area contributed by atoms with Gasteiger partial charge in [0.15, 0.2) is 0 Å². The molecule has 0 radical (unpaired) electrons. The summed E-state index contributed by atoms with van der Waals surface area (Å²) >= 11 is 5.87. The number of β-amino-alcohol motifs (C(OH)–C–C–N with tert-alkyl or cyclic N) is 1. The smallest absolute Gasteiger partial charge is 0.283 e. The highest BCUT2D eigenvalue weighted by atomic mass is 35.5. The van der Waals surface area contributed by atoms with Gasteiger partial charge in [0.25, 0.3) is 11.6 Å². The van der Waals surface area contributed by atoms with Crippen molar-refractivity contribution in [1.29, 1.82) is 0 Å². The van der Waals surface area contributed by atoms with E-state index in [1.54, 1.807) is 0 Å². The van der Waals surface area contributed by atoms with Crippen molar-refractivity contribution in [3.63, 3.8) is 0 Å². The Morgan fingerprint density at radius 2 is 2.28 bits per heavy atom. The predicted octanol–water partition coefficient (Wildman–Crippen LogP) is 1.45. The number of likely N-dealkylation sites (tertiary alicyclic amines) is 1. The van der Waals surface area contributed by atoms with E-state index >= 15 is 0 Å². The SMILES string of the molecule is O=C(c1c(Cl)cccc1[N+](=O)[O-])N1CC[C@@H](O)C1. The van der Waals surface area contributed by atoms with Gasteiger partial charge in [0, 0.05) is 19.2 Å². The average Bonchev–Trinajstić information content (AvgIpc) is 2.74. The largest absolute Gasteiger partial charge is 0.391 e. The van der Waals surface area contributed by atoms with Crippen LogP contribution >= 0.6 is 11.6 Å². The van der Waals surface area contributed by atoms with Crippen molar-refractivity contribution in [3.05, 3.63) is 38.9 Å². The molecule has 1 aromatic carbocycles. The number of benzene rings is 1. The molecule has 1 heterocycles. The molecule has 0 bridgehead atoms. The Kier molecular flexibility index (Phi) is 3.49. The first-order valence-electron chi connectivity index (χ1n) is 5.41. The van der Waals surface area contributed by atoms with Gasteiger partial charge in [0.1, 0.15) is 5.56 Å². The Morgan fingerprint density at radius 3 is 2.83 bits per heavy atom. The fraction of sp³-hybridized carbons (Fsp3) is 0.364. The zero-order valence-electron chi connectivity index (χ0n) is 9.38. The number of nitro groups is 1. The van der Waals surface area contributed by atoms with E-state index in [0.29, 0.717) is 13.0 Å². The molecule has 18 heavy (non-hydrogen) atoms. The van der Waals surface area contributed by atoms with Crippen LogP contribution < -0.4 is 0 Å². The first kappa shape index (κ1) is 12.8. The Hall–Kier alpha value is -1.66. The third-order valence-electron chi connectivity index (χ3n) is 2.85. The number of aliphatic hydroxyl groups excluding tert-OH is 1. The van der Waals surface area contributed by atoms with Crippen molar-refractivity contribution in [2.24, 2.45) is 0 Å². The van der Waals surface area contributed by atoms with Crippen molar-refractivity contribution in [2.75, 3.05) is 13.1 Å². The van der Waals surface area contributed by atoms with Gasteiger partial charge in [-0.25, -0.2) is 0 Å². The van der Waals surface area contributed by atoms with Gasteiger partial charge < -0.3 is 10.0 Å². The summed E-state index contributed by atoms with van der Waals surface area (Å²) in [5.74, 6) is -0.510. The van der Waals surface area contributed by atoms with E-state index in [1.807, 2.05) is 0 Å². The first-order valence-corrected chi connectivity index (χ1v) is 5.78. The molecule has 7 heteroatoms. The lowest BCUT2D eigenvalue weighted by molar-refractivity contribution is -0.385.